The van der Waals surface area contributed by atoms with Crippen molar-refractivity contribution in [3.05, 3.63) is 163 Å². The molecule has 3 heterocycles. The Bertz CT molecular complexity index is 2810. The number of anilines is 3. The van der Waals surface area contributed by atoms with E-state index in [1.54, 1.807) is 0 Å². The molecule has 1 aliphatic carbocycles. The van der Waals surface area contributed by atoms with Gasteiger partial charge < -0.3 is 14.0 Å². The molecule has 11 rings (SSSR count). The summed E-state index contributed by atoms with van der Waals surface area (Å²) in [4.78, 5) is 2.41. The molecule has 0 bridgehead atoms. The first-order chi connectivity index (χ1) is 23.6. The monoisotopic (exact) mass is 613 g/mol. The fourth-order valence-electron chi connectivity index (χ4n) is 8.88. The van der Waals surface area contributed by atoms with E-state index in [4.69, 9.17) is 0 Å². The number of aromatic nitrogens is 2. The van der Waals surface area contributed by atoms with E-state index in [1.165, 1.54) is 94.3 Å². The fraction of sp³-hybridized carbons (Fsp3) is 0.0667. The minimum absolute atomic E-state index is 0.0644. The van der Waals surface area contributed by atoms with Gasteiger partial charge in [-0.2, -0.15) is 0 Å². The molecule has 0 saturated heterocycles. The van der Waals surface area contributed by atoms with E-state index in [2.05, 4.69) is 180 Å². The Balaban J connectivity index is 1.23. The van der Waals surface area contributed by atoms with Crippen molar-refractivity contribution in [3.8, 4) is 22.5 Å². The first kappa shape index (κ1) is 26.1. The van der Waals surface area contributed by atoms with Crippen molar-refractivity contribution in [2.24, 2.45) is 0 Å². The lowest BCUT2D eigenvalue weighted by Gasteiger charge is -2.33. The van der Waals surface area contributed by atoms with Crippen LogP contribution in [0.15, 0.2) is 152 Å². The molecule has 2 aromatic heterocycles. The molecule has 7 aromatic carbocycles. The second-order valence-electron chi connectivity index (χ2n) is 13.8. The first-order valence-electron chi connectivity index (χ1n) is 16.8. The minimum atomic E-state index is -0.0644. The van der Waals surface area contributed by atoms with Crippen LogP contribution in [0.4, 0.5) is 17.1 Å². The number of benzene rings is 7. The van der Waals surface area contributed by atoms with Crippen molar-refractivity contribution in [2.75, 3.05) is 4.90 Å². The van der Waals surface area contributed by atoms with E-state index >= 15 is 0 Å². The molecule has 48 heavy (non-hydrogen) atoms. The standard InChI is InChI=1S/C45H31N3/c1-45(2)36-18-8-6-15-30(36)31-24-23-29(25-37(31)45)47-38-19-9-7-16-32(38)34-26-43-35(27-42(34)47)33-17-12-22-41-44(33)48(43)40-21-11-10-20-39(40)46(41)28-13-4-3-5-14-28/h3-27H,1-2H3. The Hall–Kier alpha value is -6.06. The maximum atomic E-state index is 2.50. The van der Waals surface area contributed by atoms with Crippen LogP contribution >= 0.6 is 0 Å². The predicted molar refractivity (Wildman–Crippen MR) is 201 cm³/mol. The van der Waals surface area contributed by atoms with Crippen LogP contribution in [0.5, 0.6) is 0 Å². The van der Waals surface area contributed by atoms with Gasteiger partial charge in [-0.25, -0.2) is 0 Å². The lowest BCUT2D eigenvalue weighted by molar-refractivity contribution is 0.660. The maximum Gasteiger partial charge on any atom is 0.0783 e. The van der Waals surface area contributed by atoms with Gasteiger partial charge >= 0.3 is 0 Å². The molecule has 0 unspecified atom stereocenters. The molecule has 0 atom stereocenters. The van der Waals surface area contributed by atoms with Crippen molar-refractivity contribution in [3.63, 3.8) is 0 Å². The Morgan fingerprint density at radius 1 is 0.396 bits per heavy atom. The molecular weight excluding hydrogens is 583 g/mol. The van der Waals surface area contributed by atoms with Gasteiger partial charge in [0, 0.05) is 38.3 Å². The normalized spacial score (nSPS) is 14.2. The van der Waals surface area contributed by atoms with Gasteiger partial charge in [0.15, 0.2) is 0 Å². The van der Waals surface area contributed by atoms with Crippen LogP contribution in [0.2, 0.25) is 0 Å². The highest BCUT2D eigenvalue weighted by atomic mass is 15.2. The maximum absolute atomic E-state index is 2.50. The largest absolute Gasteiger partial charge is 0.309 e. The fourth-order valence-corrected chi connectivity index (χ4v) is 8.88. The summed E-state index contributed by atoms with van der Waals surface area (Å²) in [5, 5.41) is 5.07. The summed E-state index contributed by atoms with van der Waals surface area (Å²) in [5.74, 6) is 0. The molecule has 3 heteroatoms. The molecular formula is C45H31N3. The number of hydrogen-bond donors (Lipinski definition) is 0. The van der Waals surface area contributed by atoms with E-state index in [0.29, 0.717) is 0 Å². The lowest BCUT2D eigenvalue weighted by atomic mass is 9.82. The number of nitrogens with zero attached hydrogens (tertiary/aromatic N) is 3. The summed E-state index contributed by atoms with van der Waals surface area (Å²) in [6, 6.07) is 56.1. The molecule has 2 aliphatic rings. The highest BCUT2D eigenvalue weighted by Crippen LogP contribution is 2.52. The number of rotatable bonds is 2. The summed E-state index contributed by atoms with van der Waals surface area (Å²) < 4.78 is 4.98. The highest BCUT2D eigenvalue weighted by Gasteiger charge is 2.35. The minimum Gasteiger partial charge on any atom is -0.309 e. The Morgan fingerprint density at radius 2 is 1.04 bits per heavy atom. The molecule has 3 nitrogen and oxygen atoms in total. The summed E-state index contributed by atoms with van der Waals surface area (Å²) >= 11 is 0. The topological polar surface area (TPSA) is 13.1 Å². The van der Waals surface area contributed by atoms with Crippen LogP contribution in [0.1, 0.15) is 25.0 Å². The Labute approximate surface area is 278 Å². The van der Waals surface area contributed by atoms with Crippen LogP contribution in [0, 0.1) is 0 Å². The lowest BCUT2D eigenvalue weighted by Crippen LogP contribution is -2.17. The van der Waals surface area contributed by atoms with Gasteiger partial charge in [-0.1, -0.05) is 105 Å². The van der Waals surface area contributed by atoms with Gasteiger partial charge in [0.25, 0.3) is 0 Å². The van der Waals surface area contributed by atoms with Gasteiger partial charge in [0.2, 0.25) is 0 Å². The van der Waals surface area contributed by atoms with Crippen molar-refractivity contribution >= 4 is 60.7 Å². The summed E-state index contributed by atoms with van der Waals surface area (Å²) in [6.45, 7) is 4.72. The molecule has 0 amide bonds. The van der Waals surface area contributed by atoms with Crippen LogP contribution in [-0.4, -0.2) is 9.13 Å². The number of fused-ring (bicyclic) bond motifs is 11. The molecule has 0 saturated carbocycles. The molecule has 0 N–H and O–H groups in total. The summed E-state index contributed by atoms with van der Waals surface area (Å²) in [6.07, 6.45) is 0. The van der Waals surface area contributed by atoms with Crippen molar-refractivity contribution in [1.29, 1.82) is 0 Å². The van der Waals surface area contributed by atoms with Crippen LogP contribution in [-0.2, 0) is 5.41 Å². The van der Waals surface area contributed by atoms with Gasteiger partial charge in [-0.05, 0) is 82.9 Å². The van der Waals surface area contributed by atoms with Crippen LogP contribution in [0.3, 0.4) is 0 Å². The predicted octanol–water partition coefficient (Wildman–Crippen LogP) is 12.0. The van der Waals surface area contributed by atoms with E-state index in [1.807, 2.05) is 0 Å². The summed E-state index contributed by atoms with van der Waals surface area (Å²) in [7, 11) is 0. The van der Waals surface area contributed by atoms with E-state index in [-0.39, 0.29) is 5.41 Å². The van der Waals surface area contributed by atoms with Gasteiger partial charge in [-0.3, -0.25) is 0 Å². The molecule has 9 aromatic rings. The first-order valence-corrected chi connectivity index (χ1v) is 16.8. The highest BCUT2D eigenvalue weighted by molar-refractivity contribution is 6.22. The third-order valence-corrected chi connectivity index (χ3v) is 11.0. The van der Waals surface area contributed by atoms with E-state index in [9.17, 15) is 0 Å². The zero-order valence-electron chi connectivity index (χ0n) is 26.8. The quantitative estimate of drug-likeness (QED) is 0.189. The second-order valence-corrected chi connectivity index (χ2v) is 13.8. The third-order valence-electron chi connectivity index (χ3n) is 11.0. The van der Waals surface area contributed by atoms with Crippen molar-refractivity contribution in [1.82, 2.24) is 9.13 Å². The van der Waals surface area contributed by atoms with E-state index < -0.39 is 0 Å². The van der Waals surface area contributed by atoms with Crippen LogP contribution < -0.4 is 4.90 Å². The number of hydrogen-bond acceptors (Lipinski definition) is 1. The molecule has 1 aliphatic heterocycles. The molecule has 0 spiro atoms. The second kappa shape index (κ2) is 9.05. The smallest absolute Gasteiger partial charge is 0.0783 e. The Kier molecular flexibility index (Phi) is 4.91. The average molecular weight is 614 g/mol. The number of para-hydroxylation sites is 5. The third kappa shape index (κ3) is 3.18. The van der Waals surface area contributed by atoms with Gasteiger partial charge in [-0.15, -0.1) is 0 Å². The van der Waals surface area contributed by atoms with Gasteiger partial charge in [0.05, 0.1) is 39.1 Å². The van der Waals surface area contributed by atoms with Crippen molar-refractivity contribution < 1.29 is 0 Å². The summed E-state index contributed by atoms with van der Waals surface area (Å²) in [5.41, 5.74) is 16.3. The van der Waals surface area contributed by atoms with Crippen LogP contribution in [0.25, 0.3) is 66.1 Å². The van der Waals surface area contributed by atoms with Crippen molar-refractivity contribution in [2.45, 2.75) is 19.3 Å². The molecule has 0 fully saturated rings. The average Bonchev–Trinajstić information content (AvgIpc) is 3.72. The molecule has 226 valence electrons. The Morgan fingerprint density at radius 3 is 1.92 bits per heavy atom. The molecule has 0 radical (unpaired) electrons. The van der Waals surface area contributed by atoms with E-state index in [0.717, 1.165) is 0 Å². The SMILES string of the molecule is CC1(C)c2ccccc2-c2ccc(-n3c4ccccc4c4cc5c(cc43)c3cccc4c3n5-c3ccccc3N4c3ccccc3)cc21. The zero-order valence-corrected chi connectivity index (χ0v) is 26.8. The zero-order chi connectivity index (χ0) is 31.7. The van der Waals surface area contributed by atoms with Gasteiger partial charge in [0.1, 0.15) is 0 Å².